The van der Waals surface area contributed by atoms with Gasteiger partial charge in [0.05, 0.1) is 6.20 Å². The van der Waals surface area contributed by atoms with Crippen molar-refractivity contribution in [2.75, 3.05) is 5.32 Å². The minimum Gasteiger partial charge on any atom is -0.444 e. The summed E-state index contributed by atoms with van der Waals surface area (Å²) in [6.45, 7) is 5.32. The molecule has 2 amide bonds. The molecule has 0 aliphatic rings. The van der Waals surface area contributed by atoms with Gasteiger partial charge in [0.2, 0.25) is 5.91 Å². The second kappa shape index (κ2) is 9.49. The number of hydrogen-bond donors (Lipinski definition) is 2. The Morgan fingerprint density at radius 2 is 1.80 bits per heavy atom. The van der Waals surface area contributed by atoms with Gasteiger partial charge in [0, 0.05) is 24.4 Å². The molecule has 0 spiro atoms. The highest BCUT2D eigenvalue weighted by Crippen LogP contribution is 2.28. The average molecular weight is 425 g/mol. The van der Waals surface area contributed by atoms with Gasteiger partial charge in [-0.25, -0.2) is 9.78 Å². The lowest BCUT2D eigenvalue weighted by atomic mass is 10.1. The van der Waals surface area contributed by atoms with E-state index in [1.165, 1.54) is 11.3 Å². The number of benzene rings is 1. The molecule has 0 radical (unpaired) electrons. The normalized spacial score (nSPS) is 12.1. The summed E-state index contributed by atoms with van der Waals surface area (Å²) in [6, 6.07) is 12.4. The Hall–Kier alpha value is -3.26. The smallest absolute Gasteiger partial charge is 0.408 e. The van der Waals surface area contributed by atoms with Crippen LogP contribution in [-0.2, 0) is 16.0 Å². The molecule has 1 atom stereocenters. The highest BCUT2D eigenvalue weighted by molar-refractivity contribution is 7.19. The second-order valence-electron chi connectivity index (χ2n) is 7.64. The number of carbonyl (C=O) groups is 2. The van der Waals surface area contributed by atoms with Gasteiger partial charge in [0.15, 0.2) is 0 Å². The summed E-state index contributed by atoms with van der Waals surface area (Å²) < 4.78 is 5.32. The van der Waals surface area contributed by atoms with E-state index >= 15 is 0 Å². The standard InChI is InChI=1S/C22H24N4O3S/c1-22(2,3)29-21(28)25-17(13-15-7-5-4-6-8-15)19(27)26-18-14-24-20(30-18)16-9-11-23-12-10-16/h4-12,14,17H,13H2,1-3H3,(H,25,28)(H,26,27)/t17-/m0/s1. The molecular weight excluding hydrogens is 400 g/mol. The fourth-order valence-corrected chi connectivity index (χ4v) is 3.50. The van der Waals surface area contributed by atoms with Gasteiger partial charge in [0.25, 0.3) is 0 Å². The molecular formula is C22H24N4O3S. The van der Waals surface area contributed by atoms with Crippen molar-refractivity contribution in [1.29, 1.82) is 0 Å². The molecule has 0 fully saturated rings. The van der Waals surface area contributed by atoms with E-state index in [0.717, 1.165) is 16.1 Å². The Balaban J connectivity index is 1.72. The van der Waals surface area contributed by atoms with Crippen molar-refractivity contribution in [1.82, 2.24) is 15.3 Å². The molecule has 3 aromatic rings. The molecule has 2 heterocycles. The van der Waals surface area contributed by atoms with Gasteiger partial charge in [-0.05, 0) is 38.5 Å². The number of nitrogens with zero attached hydrogens (tertiary/aromatic N) is 2. The number of ether oxygens (including phenoxy) is 1. The van der Waals surface area contributed by atoms with Crippen molar-refractivity contribution in [3.8, 4) is 10.6 Å². The van der Waals surface area contributed by atoms with E-state index < -0.39 is 17.7 Å². The third-order valence-electron chi connectivity index (χ3n) is 3.97. The molecule has 0 saturated heterocycles. The van der Waals surface area contributed by atoms with Gasteiger partial charge in [-0.3, -0.25) is 9.78 Å². The number of hydrogen-bond acceptors (Lipinski definition) is 6. The minimum atomic E-state index is -0.797. The first-order valence-electron chi connectivity index (χ1n) is 9.51. The zero-order chi connectivity index (χ0) is 21.6. The fourth-order valence-electron chi connectivity index (χ4n) is 2.68. The van der Waals surface area contributed by atoms with Gasteiger partial charge in [-0.1, -0.05) is 41.7 Å². The Morgan fingerprint density at radius 1 is 1.10 bits per heavy atom. The predicted octanol–water partition coefficient (Wildman–Crippen LogP) is 4.28. The van der Waals surface area contributed by atoms with Crippen molar-refractivity contribution >= 4 is 28.3 Å². The molecule has 8 heteroatoms. The number of carbonyl (C=O) groups excluding carboxylic acids is 2. The van der Waals surface area contributed by atoms with Crippen LogP contribution in [0.3, 0.4) is 0 Å². The van der Waals surface area contributed by atoms with E-state index in [0.29, 0.717) is 11.4 Å². The number of aromatic nitrogens is 2. The maximum atomic E-state index is 13.0. The number of amides is 2. The lowest BCUT2D eigenvalue weighted by Crippen LogP contribution is -2.47. The van der Waals surface area contributed by atoms with Crippen LogP contribution in [0.2, 0.25) is 0 Å². The predicted molar refractivity (Wildman–Crippen MR) is 117 cm³/mol. The number of nitrogens with one attached hydrogen (secondary N) is 2. The summed E-state index contributed by atoms with van der Waals surface area (Å²) in [5, 5.41) is 6.90. The van der Waals surface area contributed by atoms with Crippen LogP contribution in [0, 0.1) is 0 Å². The van der Waals surface area contributed by atoms with Crippen molar-refractivity contribution < 1.29 is 14.3 Å². The number of pyridine rings is 1. The third-order valence-corrected chi connectivity index (χ3v) is 4.93. The molecule has 3 rings (SSSR count). The number of thiazole rings is 1. The molecule has 0 unspecified atom stereocenters. The fraction of sp³-hybridized carbons (Fsp3) is 0.273. The number of rotatable bonds is 6. The molecule has 0 aliphatic carbocycles. The van der Waals surface area contributed by atoms with E-state index in [1.54, 1.807) is 39.4 Å². The zero-order valence-electron chi connectivity index (χ0n) is 17.1. The maximum absolute atomic E-state index is 13.0. The van der Waals surface area contributed by atoms with Gasteiger partial charge >= 0.3 is 6.09 Å². The molecule has 0 aliphatic heterocycles. The lowest BCUT2D eigenvalue weighted by molar-refractivity contribution is -0.118. The number of anilines is 1. The first-order valence-corrected chi connectivity index (χ1v) is 10.3. The van der Waals surface area contributed by atoms with E-state index in [-0.39, 0.29) is 5.91 Å². The summed E-state index contributed by atoms with van der Waals surface area (Å²) in [6.07, 6.45) is 4.68. The number of alkyl carbamates (subject to hydrolysis) is 1. The molecule has 7 nitrogen and oxygen atoms in total. The van der Waals surface area contributed by atoms with Crippen LogP contribution in [0.25, 0.3) is 10.6 Å². The topological polar surface area (TPSA) is 93.2 Å². The molecule has 2 N–H and O–H groups in total. The monoisotopic (exact) mass is 424 g/mol. The maximum Gasteiger partial charge on any atom is 0.408 e. The van der Waals surface area contributed by atoms with Crippen LogP contribution >= 0.6 is 11.3 Å². The van der Waals surface area contributed by atoms with E-state index in [4.69, 9.17) is 4.74 Å². The second-order valence-corrected chi connectivity index (χ2v) is 8.67. The van der Waals surface area contributed by atoms with Crippen LogP contribution in [0.4, 0.5) is 9.80 Å². The molecule has 1 aromatic carbocycles. The highest BCUT2D eigenvalue weighted by Gasteiger charge is 2.25. The Morgan fingerprint density at radius 3 is 2.47 bits per heavy atom. The van der Waals surface area contributed by atoms with Crippen molar-refractivity contribution in [3.05, 3.63) is 66.6 Å². The van der Waals surface area contributed by atoms with Crippen LogP contribution in [0.15, 0.2) is 61.1 Å². The summed E-state index contributed by atoms with van der Waals surface area (Å²) in [4.78, 5) is 33.6. The molecule has 0 bridgehead atoms. The summed E-state index contributed by atoms with van der Waals surface area (Å²) in [5.41, 5.74) is 1.19. The average Bonchev–Trinajstić information content (AvgIpc) is 3.16. The van der Waals surface area contributed by atoms with Gasteiger partial charge in [0.1, 0.15) is 21.7 Å². The first kappa shape index (κ1) is 21.4. The Bertz CT molecular complexity index is 984. The van der Waals surface area contributed by atoms with Crippen LogP contribution in [0.5, 0.6) is 0 Å². The van der Waals surface area contributed by atoms with Crippen LogP contribution in [0.1, 0.15) is 26.3 Å². The van der Waals surface area contributed by atoms with E-state index in [1.807, 2.05) is 42.5 Å². The Kier molecular flexibility index (Phi) is 6.79. The summed E-state index contributed by atoms with van der Waals surface area (Å²) >= 11 is 1.35. The quantitative estimate of drug-likeness (QED) is 0.616. The molecule has 2 aromatic heterocycles. The molecule has 30 heavy (non-hydrogen) atoms. The summed E-state index contributed by atoms with van der Waals surface area (Å²) in [5.74, 6) is -0.338. The SMILES string of the molecule is CC(C)(C)OC(=O)N[C@@H](Cc1ccccc1)C(=O)Nc1cnc(-c2ccncc2)s1. The molecule has 156 valence electrons. The van der Waals surface area contributed by atoms with Gasteiger partial charge in [-0.15, -0.1) is 0 Å². The first-order chi connectivity index (χ1) is 14.3. The van der Waals surface area contributed by atoms with E-state index in [2.05, 4.69) is 20.6 Å². The van der Waals surface area contributed by atoms with Gasteiger partial charge < -0.3 is 15.4 Å². The van der Waals surface area contributed by atoms with Crippen molar-refractivity contribution in [3.63, 3.8) is 0 Å². The minimum absolute atomic E-state index is 0.335. The van der Waals surface area contributed by atoms with Crippen LogP contribution < -0.4 is 10.6 Å². The largest absolute Gasteiger partial charge is 0.444 e. The highest BCUT2D eigenvalue weighted by atomic mass is 32.1. The van der Waals surface area contributed by atoms with Crippen LogP contribution in [-0.4, -0.2) is 33.6 Å². The van der Waals surface area contributed by atoms with Crippen molar-refractivity contribution in [2.45, 2.75) is 38.8 Å². The third kappa shape index (κ3) is 6.38. The molecule has 0 saturated carbocycles. The lowest BCUT2D eigenvalue weighted by Gasteiger charge is -2.23. The van der Waals surface area contributed by atoms with Crippen molar-refractivity contribution in [2.24, 2.45) is 0 Å². The summed E-state index contributed by atoms with van der Waals surface area (Å²) in [7, 11) is 0. The Labute approximate surface area is 179 Å². The zero-order valence-corrected chi connectivity index (χ0v) is 17.9. The van der Waals surface area contributed by atoms with Gasteiger partial charge in [-0.2, -0.15) is 0 Å². The van der Waals surface area contributed by atoms with E-state index in [9.17, 15) is 9.59 Å².